The van der Waals surface area contributed by atoms with Gasteiger partial charge in [-0.3, -0.25) is 9.69 Å². The van der Waals surface area contributed by atoms with Gasteiger partial charge >= 0.3 is 5.97 Å². The molecule has 1 saturated heterocycles. The highest BCUT2D eigenvalue weighted by molar-refractivity contribution is 5.76. The molecule has 0 aromatic rings. The summed E-state index contributed by atoms with van der Waals surface area (Å²) >= 11 is 0. The minimum atomic E-state index is -0.406. The molecule has 1 fully saturated rings. The first-order valence-electron chi connectivity index (χ1n) is 7.17. The van der Waals surface area contributed by atoms with Gasteiger partial charge in [-0.1, -0.05) is 0 Å². The second-order valence-electron chi connectivity index (χ2n) is 6.94. The number of likely N-dealkylation sites (tertiary alicyclic amines) is 1. The molecule has 1 aliphatic rings. The zero-order chi connectivity index (χ0) is 14.7. The molecule has 1 heterocycles. The Bertz CT molecular complexity index is 307. The number of ether oxygens (including phenoxy) is 2. The molecule has 0 saturated carbocycles. The smallest absolute Gasteiger partial charge is 0.323 e. The van der Waals surface area contributed by atoms with E-state index in [1.807, 2.05) is 20.8 Å². The maximum atomic E-state index is 12.2. The van der Waals surface area contributed by atoms with E-state index in [0.29, 0.717) is 0 Å². The highest BCUT2D eigenvalue weighted by Crippen LogP contribution is 2.23. The van der Waals surface area contributed by atoms with Crippen LogP contribution in [0.25, 0.3) is 0 Å². The molecule has 112 valence electrons. The molecule has 0 radical (unpaired) electrons. The Morgan fingerprint density at radius 2 is 1.89 bits per heavy atom. The molecule has 0 aliphatic carbocycles. The molecule has 0 amide bonds. The Morgan fingerprint density at radius 3 is 2.42 bits per heavy atom. The first kappa shape index (κ1) is 16.4. The van der Waals surface area contributed by atoms with E-state index in [1.54, 1.807) is 7.11 Å². The summed E-state index contributed by atoms with van der Waals surface area (Å²) < 4.78 is 10.9. The number of methoxy groups -OCH3 is 1. The van der Waals surface area contributed by atoms with Gasteiger partial charge in [0.25, 0.3) is 0 Å². The van der Waals surface area contributed by atoms with Crippen molar-refractivity contribution < 1.29 is 14.3 Å². The predicted octanol–water partition coefficient (Wildman–Crippen LogP) is 2.61. The van der Waals surface area contributed by atoms with Crippen molar-refractivity contribution in [3.05, 3.63) is 0 Å². The normalized spacial score (nSPS) is 21.7. The lowest BCUT2D eigenvalue weighted by Crippen LogP contribution is -2.42. The van der Waals surface area contributed by atoms with Crippen LogP contribution in [0.2, 0.25) is 0 Å². The van der Waals surface area contributed by atoms with Crippen molar-refractivity contribution in [3.8, 4) is 0 Å². The van der Waals surface area contributed by atoms with Crippen LogP contribution < -0.4 is 0 Å². The molecule has 0 spiro atoms. The average Bonchev–Trinajstić information content (AvgIpc) is 2.72. The van der Waals surface area contributed by atoms with Crippen LogP contribution >= 0.6 is 0 Å². The minimum Gasteiger partial charge on any atom is -0.459 e. The van der Waals surface area contributed by atoms with Gasteiger partial charge < -0.3 is 9.47 Å². The van der Waals surface area contributed by atoms with Gasteiger partial charge in [-0.05, 0) is 60.4 Å². The summed E-state index contributed by atoms with van der Waals surface area (Å²) in [5.41, 5.74) is -0.543. The van der Waals surface area contributed by atoms with E-state index in [1.165, 1.54) is 0 Å². The number of hydrogen-bond acceptors (Lipinski definition) is 4. The highest BCUT2D eigenvalue weighted by Gasteiger charge is 2.34. The zero-order valence-corrected chi connectivity index (χ0v) is 13.3. The Labute approximate surface area is 117 Å². The lowest BCUT2D eigenvalue weighted by molar-refractivity contribution is -0.160. The van der Waals surface area contributed by atoms with Gasteiger partial charge in [0.1, 0.15) is 11.6 Å². The number of rotatable bonds is 5. The Balaban J connectivity index is 2.52. The van der Waals surface area contributed by atoms with E-state index in [2.05, 4.69) is 18.7 Å². The second-order valence-corrected chi connectivity index (χ2v) is 6.94. The van der Waals surface area contributed by atoms with Crippen LogP contribution in [-0.4, -0.2) is 48.3 Å². The molecule has 1 aliphatic heterocycles. The first-order valence-corrected chi connectivity index (χ1v) is 7.17. The van der Waals surface area contributed by atoms with E-state index >= 15 is 0 Å². The van der Waals surface area contributed by atoms with Gasteiger partial charge in [0.05, 0.1) is 5.60 Å². The lowest BCUT2D eigenvalue weighted by Gasteiger charge is -2.30. The van der Waals surface area contributed by atoms with Crippen LogP contribution in [0, 0.1) is 0 Å². The third-order valence-corrected chi connectivity index (χ3v) is 3.60. The number of carbonyl (C=O) groups is 1. The Morgan fingerprint density at radius 1 is 1.26 bits per heavy atom. The monoisotopic (exact) mass is 271 g/mol. The van der Waals surface area contributed by atoms with Crippen molar-refractivity contribution >= 4 is 5.97 Å². The predicted molar refractivity (Wildman–Crippen MR) is 76.1 cm³/mol. The van der Waals surface area contributed by atoms with Gasteiger partial charge in [0, 0.05) is 13.7 Å². The summed E-state index contributed by atoms with van der Waals surface area (Å²) in [6.07, 6.45) is 2.89. The minimum absolute atomic E-state index is 0.0770. The molecule has 0 N–H and O–H groups in total. The standard InChI is InChI=1S/C15H29NO3/c1-14(2,3)19-13(17)12-8-7-10-16(12)11-9-15(4,5)18-6/h12H,7-11H2,1-6H3/t12-/m1/s1. The number of esters is 1. The van der Waals surface area contributed by atoms with Gasteiger partial charge in [-0.15, -0.1) is 0 Å². The molecule has 19 heavy (non-hydrogen) atoms. The molecular weight excluding hydrogens is 242 g/mol. The van der Waals surface area contributed by atoms with Gasteiger partial charge in [-0.25, -0.2) is 0 Å². The third-order valence-electron chi connectivity index (χ3n) is 3.60. The van der Waals surface area contributed by atoms with Crippen molar-refractivity contribution in [3.63, 3.8) is 0 Å². The summed E-state index contributed by atoms with van der Waals surface area (Å²) in [5, 5.41) is 0. The topological polar surface area (TPSA) is 38.8 Å². The fraction of sp³-hybridized carbons (Fsp3) is 0.933. The van der Waals surface area contributed by atoms with Crippen molar-refractivity contribution in [1.82, 2.24) is 4.90 Å². The average molecular weight is 271 g/mol. The van der Waals surface area contributed by atoms with Crippen molar-refractivity contribution in [2.75, 3.05) is 20.2 Å². The summed E-state index contributed by atoms with van der Waals surface area (Å²) in [7, 11) is 1.73. The molecule has 1 rings (SSSR count). The van der Waals surface area contributed by atoms with Crippen molar-refractivity contribution in [2.24, 2.45) is 0 Å². The van der Waals surface area contributed by atoms with Crippen LogP contribution in [0.1, 0.15) is 53.9 Å². The Hall–Kier alpha value is -0.610. The van der Waals surface area contributed by atoms with Gasteiger partial charge in [0.15, 0.2) is 0 Å². The van der Waals surface area contributed by atoms with Crippen molar-refractivity contribution in [2.45, 2.75) is 71.1 Å². The van der Waals surface area contributed by atoms with Crippen LogP contribution in [-0.2, 0) is 14.3 Å². The molecule has 4 heteroatoms. The second kappa shape index (κ2) is 6.23. The van der Waals surface area contributed by atoms with E-state index in [0.717, 1.165) is 32.4 Å². The lowest BCUT2D eigenvalue weighted by atomic mass is 10.0. The van der Waals surface area contributed by atoms with Crippen LogP contribution in [0.4, 0.5) is 0 Å². The molecular formula is C15H29NO3. The van der Waals surface area contributed by atoms with Crippen LogP contribution in [0.3, 0.4) is 0 Å². The number of hydrogen-bond donors (Lipinski definition) is 0. The molecule has 0 aromatic heterocycles. The van der Waals surface area contributed by atoms with E-state index in [-0.39, 0.29) is 17.6 Å². The SMILES string of the molecule is COC(C)(C)CCN1CCC[C@@H]1C(=O)OC(C)(C)C. The van der Waals surface area contributed by atoms with Gasteiger partial charge in [-0.2, -0.15) is 0 Å². The molecule has 4 nitrogen and oxygen atoms in total. The van der Waals surface area contributed by atoms with E-state index in [9.17, 15) is 4.79 Å². The van der Waals surface area contributed by atoms with Crippen molar-refractivity contribution in [1.29, 1.82) is 0 Å². The van der Waals surface area contributed by atoms with E-state index in [4.69, 9.17) is 9.47 Å². The zero-order valence-electron chi connectivity index (χ0n) is 13.3. The maximum absolute atomic E-state index is 12.2. The summed E-state index contributed by atoms with van der Waals surface area (Å²) in [4.78, 5) is 14.4. The summed E-state index contributed by atoms with van der Waals surface area (Å²) in [6.45, 7) is 11.8. The maximum Gasteiger partial charge on any atom is 0.323 e. The molecule has 0 bridgehead atoms. The fourth-order valence-electron chi connectivity index (χ4n) is 2.25. The molecule has 0 aromatic carbocycles. The largest absolute Gasteiger partial charge is 0.459 e. The highest BCUT2D eigenvalue weighted by atomic mass is 16.6. The molecule has 1 atom stereocenters. The Kier molecular flexibility index (Phi) is 5.39. The molecule has 0 unspecified atom stereocenters. The first-order chi connectivity index (χ1) is 8.64. The quantitative estimate of drug-likeness (QED) is 0.721. The summed E-state index contributed by atoms with van der Waals surface area (Å²) in [5.74, 6) is -0.0831. The van der Waals surface area contributed by atoms with E-state index < -0.39 is 5.60 Å². The van der Waals surface area contributed by atoms with Crippen LogP contribution in [0.15, 0.2) is 0 Å². The number of carbonyl (C=O) groups excluding carboxylic acids is 1. The van der Waals surface area contributed by atoms with Crippen LogP contribution in [0.5, 0.6) is 0 Å². The number of nitrogens with zero attached hydrogens (tertiary/aromatic N) is 1. The van der Waals surface area contributed by atoms with Gasteiger partial charge in [0.2, 0.25) is 0 Å². The fourth-order valence-corrected chi connectivity index (χ4v) is 2.25. The summed E-state index contributed by atoms with van der Waals surface area (Å²) in [6, 6.07) is -0.0770. The third kappa shape index (κ3) is 5.49.